The number of aliphatic hydroxyl groups is 1. The fraction of sp³-hybridized carbons (Fsp3) is 1.00. The molecule has 5 nitrogen and oxygen atoms in total. The number of aliphatic hydroxyl groups excluding tert-OH is 1. The maximum atomic E-state index is 12.5. The minimum atomic E-state index is -3.79. The van der Waals surface area contributed by atoms with E-state index in [1.165, 1.54) is 0 Å². The fourth-order valence-electron chi connectivity index (χ4n) is 1.12. The van der Waals surface area contributed by atoms with Crippen LogP contribution < -0.4 is 5.09 Å². The standard InChI is InChI=1S/C7H15Cl2N2O3P/c8-2-4-11(5-3-9)15(13)10-7(12)1-6-14-15/h7,12H,1-6H2,(H,10,13)/t7-,15?/m0/s1/i2D2,3D2. The molecule has 0 aromatic heterocycles. The summed E-state index contributed by atoms with van der Waals surface area (Å²) in [5.74, 6) is -4.49. The Hall–Kier alpha value is 0.650. The third-order valence-electron chi connectivity index (χ3n) is 1.83. The van der Waals surface area contributed by atoms with Gasteiger partial charge in [0, 0.05) is 36.7 Å². The van der Waals surface area contributed by atoms with Crippen LogP contribution in [-0.2, 0) is 9.09 Å². The normalized spacial score (nSPS) is 38.0. The highest BCUT2D eigenvalue weighted by Crippen LogP contribution is 2.49. The van der Waals surface area contributed by atoms with Gasteiger partial charge < -0.3 is 9.63 Å². The zero-order chi connectivity index (χ0) is 14.9. The Kier molecular flexibility index (Phi) is 3.71. The van der Waals surface area contributed by atoms with Crippen molar-refractivity contribution in [2.24, 2.45) is 0 Å². The van der Waals surface area contributed by atoms with Crippen molar-refractivity contribution in [2.45, 2.75) is 12.6 Å². The van der Waals surface area contributed by atoms with Gasteiger partial charge >= 0.3 is 7.67 Å². The van der Waals surface area contributed by atoms with Crippen molar-refractivity contribution >= 4 is 30.9 Å². The molecule has 1 saturated heterocycles. The first-order chi connectivity index (χ1) is 8.41. The molecule has 0 bridgehead atoms. The molecule has 90 valence electrons. The Labute approximate surface area is 105 Å². The molecule has 2 N–H and O–H groups in total. The molecule has 0 amide bonds. The van der Waals surface area contributed by atoms with Gasteiger partial charge in [0.1, 0.15) is 6.23 Å². The van der Waals surface area contributed by atoms with Crippen molar-refractivity contribution in [3.63, 3.8) is 0 Å². The Bertz CT molecular complexity index is 349. The molecule has 1 aliphatic rings. The summed E-state index contributed by atoms with van der Waals surface area (Å²) in [5.41, 5.74) is 0. The number of rotatable bonds is 5. The fourth-order valence-corrected chi connectivity index (χ4v) is 3.35. The second-order valence-corrected chi connectivity index (χ2v) is 5.53. The summed E-state index contributed by atoms with van der Waals surface area (Å²) in [6, 6.07) is 0. The molecular weight excluding hydrogens is 262 g/mol. The highest BCUT2D eigenvalue weighted by molar-refractivity contribution is 7.54. The van der Waals surface area contributed by atoms with Crippen LogP contribution in [0.15, 0.2) is 0 Å². The van der Waals surface area contributed by atoms with E-state index in [2.05, 4.69) is 5.09 Å². The molecule has 0 saturated carbocycles. The van der Waals surface area contributed by atoms with Crippen LogP contribution in [0.2, 0.25) is 0 Å². The molecule has 1 unspecified atom stereocenters. The Morgan fingerprint density at radius 1 is 1.60 bits per heavy atom. The van der Waals surface area contributed by atoms with Gasteiger partial charge in [0.05, 0.1) is 6.61 Å². The maximum absolute atomic E-state index is 12.5. The van der Waals surface area contributed by atoms with E-state index in [9.17, 15) is 9.67 Å². The number of hydrogen-bond acceptors (Lipinski definition) is 3. The molecule has 8 heteroatoms. The first-order valence-corrected chi connectivity index (χ1v) is 6.58. The summed E-state index contributed by atoms with van der Waals surface area (Å²) in [7, 11) is -3.79. The summed E-state index contributed by atoms with van der Waals surface area (Å²) in [6.45, 7) is -1.14. The van der Waals surface area contributed by atoms with E-state index in [1.807, 2.05) is 0 Å². The van der Waals surface area contributed by atoms with E-state index in [1.54, 1.807) is 0 Å². The van der Waals surface area contributed by atoms with Crippen molar-refractivity contribution in [2.75, 3.05) is 31.4 Å². The third-order valence-corrected chi connectivity index (χ3v) is 4.25. The SMILES string of the molecule is [2H]C([2H])(Cl)CN(CC([2H])([2H])Cl)P1(=O)N[C@@H](O)CCO1. The number of nitrogens with zero attached hydrogens (tertiary/aromatic N) is 1. The molecule has 0 spiro atoms. The second-order valence-electron chi connectivity index (χ2n) is 2.88. The molecule has 1 fully saturated rings. The quantitative estimate of drug-likeness (QED) is 0.585. The van der Waals surface area contributed by atoms with Gasteiger partial charge in [0.25, 0.3) is 0 Å². The summed E-state index contributed by atoms with van der Waals surface area (Å²) in [6.07, 6.45) is -0.858. The van der Waals surface area contributed by atoms with Gasteiger partial charge in [-0.15, -0.1) is 23.2 Å². The van der Waals surface area contributed by atoms with Crippen LogP contribution in [-0.4, -0.2) is 47.4 Å². The number of hydrogen-bond donors (Lipinski definition) is 2. The predicted molar refractivity (Wildman–Crippen MR) is 60.3 cm³/mol. The van der Waals surface area contributed by atoms with Crippen molar-refractivity contribution in [3.8, 4) is 0 Å². The van der Waals surface area contributed by atoms with E-state index in [-0.39, 0.29) is 13.0 Å². The lowest BCUT2D eigenvalue weighted by molar-refractivity contribution is 0.0885. The van der Waals surface area contributed by atoms with Crippen molar-refractivity contribution in [1.82, 2.24) is 9.76 Å². The monoisotopic (exact) mass is 280 g/mol. The van der Waals surface area contributed by atoms with Gasteiger partial charge in [-0.1, -0.05) is 0 Å². The molecule has 0 aliphatic carbocycles. The average molecular weight is 281 g/mol. The molecule has 0 aromatic rings. The Morgan fingerprint density at radius 2 is 2.20 bits per heavy atom. The van der Waals surface area contributed by atoms with Gasteiger partial charge in [-0.25, -0.2) is 9.76 Å². The van der Waals surface area contributed by atoms with Gasteiger partial charge in [-0.05, 0) is 0 Å². The van der Waals surface area contributed by atoms with Crippen LogP contribution in [0.4, 0.5) is 0 Å². The van der Waals surface area contributed by atoms with Gasteiger partial charge in [0.15, 0.2) is 0 Å². The Balaban J connectivity index is 2.91. The van der Waals surface area contributed by atoms with E-state index in [0.29, 0.717) is 0 Å². The number of nitrogens with one attached hydrogen (secondary N) is 1. The van der Waals surface area contributed by atoms with Crippen LogP contribution >= 0.6 is 30.9 Å². The van der Waals surface area contributed by atoms with E-state index in [4.69, 9.17) is 33.2 Å². The molecule has 15 heavy (non-hydrogen) atoms. The largest absolute Gasteiger partial charge is 0.378 e. The van der Waals surface area contributed by atoms with E-state index < -0.39 is 38.7 Å². The molecule has 2 atom stereocenters. The van der Waals surface area contributed by atoms with Crippen LogP contribution in [0.1, 0.15) is 11.9 Å². The lowest BCUT2D eigenvalue weighted by atomic mass is 10.4. The highest BCUT2D eigenvalue weighted by Gasteiger charge is 2.36. The lowest BCUT2D eigenvalue weighted by Crippen LogP contribution is -2.41. The first kappa shape index (κ1) is 8.70. The molecular formula is C7H15Cl2N2O3P. The molecule has 1 aliphatic heterocycles. The second kappa shape index (κ2) is 6.40. The molecule has 1 rings (SSSR count). The summed E-state index contributed by atoms with van der Waals surface area (Å²) >= 11 is 10.9. The first-order valence-electron chi connectivity index (χ1n) is 6.25. The van der Waals surface area contributed by atoms with Gasteiger partial charge in [-0.3, -0.25) is 4.57 Å². The predicted octanol–water partition coefficient (Wildman–Crippen LogP) is 1.20. The lowest BCUT2D eigenvalue weighted by Gasteiger charge is -2.35. The van der Waals surface area contributed by atoms with Crippen LogP contribution in [0, 0.1) is 0 Å². The summed E-state index contributed by atoms with van der Waals surface area (Å²) in [4.78, 5) is 0. The summed E-state index contributed by atoms with van der Waals surface area (Å²) in [5, 5.41) is 11.7. The number of alkyl halides is 2. The minimum Gasteiger partial charge on any atom is -0.378 e. The molecule has 1 heterocycles. The highest BCUT2D eigenvalue weighted by atomic mass is 35.5. The van der Waals surface area contributed by atoms with Crippen LogP contribution in [0.3, 0.4) is 0 Å². The minimum absolute atomic E-state index is 0.00147. The van der Waals surface area contributed by atoms with Gasteiger partial charge in [0.2, 0.25) is 0 Å². The van der Waals surface area contributed by atoms with E-state index >= 15 is 0 Å². The van der Waals surface area contributed by atoms with Crippen LogP contribution in [0.25, 0.3) is 0 Å². The summed E-state index contributed by atoms with van der Waals surface area (Å²) < 4.78 is 47.5. The Morgan fingerprint density at radius 3 is 2.67 bits per heavy atom. The van der Waals surface area contributed by atoms with Crippen molar-refractivity contribution < 1.29 is 19.7 Å². The zero-order valence-corrected chi connectivity index (χ0v) is 10.2. The number of halogens is 2. The third kappa shape index (κ3) is 3.86. The van der Waals surface area contributed by atoms with Crippen LogP contribution in [0.5, 0.6) is 0 Å². The average Bonchev–Trinajstić information content (AvgIpc) is 2.11. The van der Waals surface area contributed by atoms with Crippen molar-refractivity contribution in [1.29, 1.82) is 0 Å². The molecule has 0 radical (unpaired) electrons. The maximum Gasteiger partial charge on any atom is 0.345 e. The smallest absolute Gasteiger partial charge is 0.345 e. The van der Waals surface area contributed by atoms with Crippen molar-refractivity contribution in [3.05, 3.63) is 0 Å². The molecule has 0 aromatic carbocycles. The van der Waals surface area contributed by atoms with Gasteiger partial charge in [-0.2, -0.15) is 0 Å². The zero-order valence-electron chi connectivity index (χ0n) is 11.8. The van der Waals surface area contributed by atoms with E-state index in [0.717, 1.165) is 4.67 Å². The topological polar surface area (TPSA) is 61.8 Å².